The highest BCUT2D eigenvalue weighted by Crippen LogP contribution is 2.71. The van der Waals surface area contributed by atoms with Crippen LogP contribution in [0.2, 0.25) is 0 Å². The molecule has 11 fully saturated rings. The molecule has 40 atom stereocenters. The van der Waals surface area contributed by atoms with Crippen molar-refractivity contribution >= 4 is 0 Å². The first-order chi connectivity index (χ1) is 44.1. The van der Waals surface area contributed by atoms with Crippen LogP contribution in [0.25, 0.3) is 0 Å². The molecule has 4 aliphatic carbocycles. The minimum Gasteiger partial charge on any atom is -0.394 e. The molecule has 17 N–H and O–H groups in total. The molecule has 40 unspecified atom stereocenters. The lowest BCUT2D eigenvalue weighted by molar-refractivity contribution is -0.412. The molecule has 7 heterocycles. The Bertz CT molecular complexity index is 2410. The summed E-state index contributed by atoms with van der Waals surface area (Å²) < 4.78 is 86.9. The summed E-state index contributed by atoms with van der Waals surface area (Å²) in [6.45, 7) is 7.23. The summed E-state index contributed by atoms with van der Waals surface area (Å²) in [6.07, 6.45) is -39.9. The van der Waals surface area contributed by atoms with E-state index < -0.39 is 217 Å². The molecule has 0 radical (unpaired) electrons. The van der Waals surface area contributed by atoms with Crippen LogP contribution in [0.5, 0.6) is 0 Å². The van der Waals surface area contributed by atoms with E-state index in [-0.39, 0.29) is 47.2 Å². The molecule has 93 heavy (non-hydrogen) atoms. The summed E-state index contributed by atoms with van der Waals surface area (Å²) in [5, 5.41) is 184. The fourth-order valence-corrected chi connectivity index (χ4v) is 18.3. The van der Waals surface area contributed by atoms with Crippen LogP contribution in [0.1, 0.15) is 98.8 Å². The zero-order valence-corrected chi connectivity index (χ0v) is 53.5. The quantitative estimate of drug-likeness (QED) is 0.0506. The molecule has 0 aromatic heterocycles. The van der Waals surface area contributed by atoms with E-state index in [1.165, 1.54) is 6.92 Å². The highest BCUT2D eigenvalue weighted by Gasteiger charge is 2.69. The van der Waals surface area contributed by atoms with Crippen molar-refractivity contribution < 1.29 is 153 Å². The molecule has 0 amide bonds. The smallest absolute Gasteiger partial charge is 0.187 e. The van der Waals surface area contributed by atoms with Crippen molar-refractivity contribution in [2.45, 2.75) is 289 Å². The van der Waals surface area contributed by atoms with Crippen LogP contribution < -0.4 is 0 Å². The van der Waals surface area contributed by atoms with Gasteiger partial charge < -0.3 is 153 Å². The molecule has 538 valence electrons. The van der Waals surface area contributed by atoms with E-state index in [4.69, 9.17) is 66.3 Å². The minimum absolute atomic E-state index is 0.0280. The summed E-state index contributed by atoms with van der Waals surface area (Å²) in [6, 6.07) is 0. The van der Waals surface area contributed by atoms with Gasteiger partial charge in [-0.1, -0.05) is 27.7 Å². The molecule has 0 bridgehead atoms. The first-order valence-electron chi connectivity index (χ1n) is 33.5. The predicted octanol–water partition coefficient (Wildman–Crippen LogP) is -5.35. The van der Waals surface area contributed by atoms with Gasteiger partial charge >= 0.3 is 0 Å². The van der Waals surface area contributed by atoms with E-state index in [1.807, 2.05) is 6.92 Å². The van der Waals surface area contributed by atoms with Crippen LogP contribution in [0.4, 0.5) is 0 Å². The normalized spacial score (nSPS) is 55.4. The van der Waals surface area contributed by atoms with Crippen LogP contribution in [0.3, 0.4) is 0 Å². The average molecular weight is 1350 g/mol. The molecule has 11 rings (SSSR count). The monoisotopic (exact) mass is 1340 g/mol. The number of hydrogen-bond acceptors (Lipinski definition) is 31. The van der Waals surface area contributed by atoms with Gasteiger partial charge in [-0.15, -0.1) is 0 Å². The van der Waals surface area contributed by atoms with Gasteiger partial charge in [-0.2, -0.15) is 0 Å². The third-order valence-electron chi connectivity index (χ3n) is 23.8. The van der Waals surface area contributed by atoms with E-state index in [2.05, 4.69) is 20.8 Å². The maximum atomic E-state index is 12.3. The molecular formula is C62H104O31. The molecule has 31 nitrogen and oxygen atoms in total. The van der Waals surface area contributed by atoms with E-state index in [0.29, 0.717) is 43.4 Å². The van der Waals surface area contributed by atoms with Gasteiger partial charge in [0.25, 0.3) is 0 Å². The van der Waals surface area contributed by atoms with Gasteiger partial charge in [0.15, 0.2) is 43.5 Å². The zero-order valence-electron chi connectivity index (χ0n) is 53.5. The molecule has 31 heteroatoms. The number of fused-ring (bicyclic) bond motifs is 7. The fraction of sp³-hybridized carbons (Fsp3) is 1.00. The largest absolute Gasteiger partial charge is 0.394 e. The van der Waals surface area contributed by atoms with Gasteiger partial charge in [-0.3, -0.25) is 0 Å². The Morgan fingerprint density at radius 2 is 0.989 bits per heavy atom. The third-order valence-corrected chi connectivity index (χ3v) is 23.8. The van der Waals surface area contributed by atoms with Crippen LogP contribution in [-0.4, -0.2) is 324 Å². The van der Waals surface area contributed by atoms with Gasteiger partial charge in [0.2, 0.25) is 0 Å². The summed E-state index contributed by atoms with van der Waals surface area (Å²) in [5.41, 5.74) is -0.141. The summed E-state index contributed by atoms with van der Waals surface area (Å²) in [7, 11) is 1.70. The van der Waals surface area contributed by atoms with Crippen molar-refractivity contribution in [2.24, 2.45) is 52.3 Å². The second-order valence-electron chi connectivity index (χ2n) is 29.1. The number of rotatable bonds is 20. The Labute approximate surface area is 539 Å². The van der Waals surface area contributed by atoms with E-state index in [9.17, 15) is 86.8 Å². The van der Waals surface area contributed by atoms with Crippen molar-refractivity contribution in [1.29, 1.82) is 0 Å². The minimum atomic E-state index is -1.99. The fourth-order valence-electron chi connectivity index (χ4n) is 18.3. The first-order valence-corrected chi connectivity index (χ1v) is 33.5. The molecule has 4 saturated carbocycles. The Hall–Kier alpha value is -1.24. The average Bonchev–Trinajstić information content (AvgIpc) is 1.56. The summed E-state index contributed by atoms with van der Waals surface area (Å²) in [4.78, 5) is 0. The Morgan fingerprint density at radius 3 is 1.58 bits per heavy atom. The van der Waals surface area contributed by atoms with Gasteiger partial charge in [-0.25, -0.2) is 0 Å². The van der Waals surface area contributed by atoms with Gasteiger partial charge in [0.1, 0.15) is 128 Å². The first kappa shape index (κ1) is 73.0. The number of aliphatic hydroxyl groups is 17. The third kappa shape index (κ3) is 13.7. The number of aliphatic hydroxyl groups excluding tert-OH is 17. The van der Waals surface area contributed by atoms with E-state index in [0.717, 1.165) is 38.5 Å². The van der Waals surface area contributed by atoms with Crippen LogP contribution in [-0.2, 0) is 66.3 Å². The van der Waals surface area contributed by atoms with Crippen LogP contribution >= 0.6 is 0 Å². The number of ether oxygens (including phenoxy) is 14. The summed E-state index contributed by atoms with van der Waals surface area (Å²) >= 11 is 0. The van der Waals surface area contributed by atoms with Crippen molar-refractivity contribution in [3.05, 3.63) is 0 Å². The molecule has 7 saturated heterocycles. The molecular weight excluding hydrogens is 1240 g/mol. The van der Waals surface area contributed by atoms with Crippen LogP contribution in [0.15, 0.2) is 0 Å². The lowest BCUT2D eigenvalue weighted by atomic mass is 9.44. The predicted molar refractivity (Wildman–Crippen MR) is 308 cm³/mol. The molecule has 0 aromatic rings. The Balaban J connectivity index is 0.799. The van der Waals surface area contributed by atoms with Crippen molar-refractivity contribution in [2.75, 3.05) is 46.8 Å². The van der Waals surface area contributed by atoms with Gasteiger partial charge in [0.05, 0.1) is 58.0 Å². The van der Waals surface area contributed by atoms with E-state index in [1.54, 1.807) is 7.11 Å². The standard InChI is InChI=1S/C62H104O31/c1-23(20-81-54-48(78)45(75)41(71)34(17-63)86-54)9-14-62(80-6)24(2)37-33(93-62)16-30-28-8-7-26-15-27(10-12-60(26,4)29(28)11-13-61(30,37)5)85-58-52(92-57-49(79)44(74)38(68)25(3)84-57)51(43(73)35(18-64)87-58)90-59-53(91-56-47(77)40(70)32(67)22-83-56)50(42(72)36(19-65)88-59)89-55-46(76)39(69)31(66)21-82-55/h23-59,63-79H,7-22H2,1-6H3. The van der Waals surface area contributed by atoms with E-state index >= 15 is 0 Å². The Kier molecular flexibility index (Phi) is 23.1. The second-order valence-corrected chi connectivity index (χ2v) is 29.1. The van der Waals surface area contributed by atoms with Crippen molar-refractivity contribution in [3.63, 3.8) is 0 Å². The van der Waals surface area contributed by atoms with Crippen molar-refractivity contribution in [1.82, 2.24) is 0 Å². The van der Waals surface area contributed by atoms with Gasteiger partial charge in [-0.05, 0) is 111 Å². The van der Waals surface area contributed by atoms with Crippen molar-refractivity contribution in [3.8, 4) is 0 Å². The SMILES string of the molecule is COC1(CCC(C)COC2OC(CO)C(O)C(O)C2O)OC2CC3C4CCC5CC(OC6OC(CO)C(O)C(OC7OC(CO)C(O)C(OC8OCC(O)C(O)C8O)C7OC7OCC(O)C(O)C7O)C6OC6OC(C)C(O)C(O)C6O)CCC5(C)C4CCC3(C)C2C1C. The second kappa shape index (κ2) is 29.4. The Morgan fingerprint density at radius 1 is 0.484 bits per heavy atom. The maximum absolute atomic E-state index is 12.3. The molecule has 0 aromatic carbocycles. The molecule has 11 aliphatic rings. The topological polar surface area (TPSA) is 473 Å². The molecule has 7 aliphatic heterocycles. The lowest BCUT2D eigenvalue weighted by Crippen LogP contribution is -2.69. The zero-order chi connectivity index (χ0) is 67.1. The van der Waals surface area contributed by atoms with Gasteiger partial charge in [0, 0.05) is 19.4 Å². The molecule has 0 spiro atoms. The highest BCUT2D eigenvalue weighted by molar-refractivity contribution is 5.15. The lowest BCUT2D eigenvalue weighted by Gasteiger charge is -2.61. The number of hydrogen-bond donors (Lipinski definition) is 17. The highest BCUT2D eigenvalue weighted by atomic mass is 16.8. The maximum Gasteiger partial charge on any atom is 0.187 e. The van der Waals surface area contributed by atoms with Crippen LogP contribution in [0, 0.1) is 52.3 Å². The number of methoxy groups -OCH3 is 1. The summed E-state index contributed by atoms with van der Waals surface area (Å²) in [5.74, 6) is 0.751.